The van der Waals surface area contributed by atoms with Gasteiger partial charge in [-0.2, -0.15) is 0 Å². The Labute approximate surface area is 145 Å². The molecular formula is C20H29NO3. The molecule has 1 amide bonds. The Morgan fingerprint density at radius 3 is 2.12 bits per heavy atom. The van der Waals surface area contributed by atoms with Gasteiger partial charge in [0.15, 0.2) is 0 Å². The molecule has 1 aromatic rings. The molecule has 1 fully saturated rings. The standard InChI is InChI=1S/C20H29NO3/c1-19(2,3)16-14(12-13-10-8-9-11-15(13)22)17(20(4,5)6)21(24-7)18(16)23/h8-12,16-17,22H,1-7H3/b14-12+. The molecule has 24 heavy (non-hydrogen) atoms. The van der Waals surface area contributed by atoms with Crippen LogP contribution in [0, 0.1) is 16.7 Å². The third-order valence-electron chi connectivity index (χ3n) is 4.49. The Hall–Kier alpha value is -1.81. The van der Waals surface area contributed by atoms with Crippen LogP contribution in [0.2, 0.25) is 0 Å². The summed E-state index contributed by atoms with van der Waals surface area (Å²) in [5.74, 6) is -0.0958. The molecule has 0 aromatic heterocycles. The van der Waals surface area contributed by atoms with Gasteiger partial charge in [0, 0.05) is 5.56 Å². The zero-order chi connectivity index (χ0) is 18.3. The summed E-state index contributed by atoms with van der Waals surface area (Å²) in [6, 6.07) is 7.02. The van der Waals surface area contributed by atoms with Gasteiger partial charge in [0.25, 0.3) is 5.91 Å². The summed E-state index contributed by atoms with van der Waals surface area (Å²) in [6.07, 6.45) is 1.96. The summed E-state index contributed by atoms with van der Waals surface area (Å²) < 4.78 is 0. The van der Waals surface area contributed by atoms with Crippen LogP contribution in [0.15, 0.2) is 29.8 Å². The minimum Gasteiger partial charge on any atom is -0.507 e. The first-order chi connectivity index (χ1) is 11.0. The van der Waals surface area contributed by atoms with Crippen molar-refractivity contribution in [2.45, 2.75) is 47.6 Å². The number of rotatable bonds is 2. The maximum absolute atomic E-state index is 13.0. The van der Waals surface area contributed by atoms with Gasteiger partial charge < -0.3 is 5.11 Å². The average Bonchev–Trinajstić information content (AvgIpc) is 2.72. The number of phenolic OH excluding ortho intramolecular Hbond substituents is 1. The number of benzene rings is 1. The minimum absolute atomic E-state index is 0.0217. The maximum Gasteiger partial charge on any atom is 0.254 e. The first kappa shape index (κ1) is 18.5. The van der Waals surface area contributed by atoms with Crippen molar-refractivity contribution in [3.8, 4) is 5.75 Å². The summed E-state index contributed by atoms with van der Waals surface area (Å²) in [5, 5.41) is 11.7. The molecule has 132 valence electrons. The van der Waals surface area contributed by atoms with Crippen LogP contribution in [0.5, 0.6) is 5.75 Å². The van der Waals surface area contributed by atoms with Crippen molar-refractivity contribution in [1.82, 2.24) is 5.06 Å². The van der Waals surface area contributed by atoms with Crippen molar-refractivity contribution < 1.29 is 14.7 Å². The number of nitrogens with zero attached hydrogens (tertiary/aromatic N) is 1. The molecule has 1 aromatic carbocycles. The average molecular weight is 331 g/mol. The van der Waals surface area contributed by atoms with E-state index in [1.165, 1.54) is 5.06 Å². The Balaban J connectivity index is 2.68. The lowest BCUT2D eigenvalue weighted by atomic mass is 9.72. The van der Waals surface area contributed by atoms with E-state index in [0.29, 0.717) is 0 Å². The maximum atomic E-state index is 13.0. The molecule has 1 N–H and O–H groups in total. The number of hydroxylamine groups is 2. The fourth-order valence-electron chi connectivity index (χ4n) is 3.56. The van der Waals surface area contributed by atoms with Gasteiger partial charge in [0.1, 0.15) is 5.75 Å². The summed E-state index contributed by atoms with van der Waals surface area (Å²) >= 11 is 0. The van der Waals surface area contributed by atoms with E-state index in [-0.39, 0.29) is 34.4 Å². The second-order valence-electron chi connectivity index (χ2n) is 8.62. The Morgan fingerprint density at radius 1 is 1.08 bits per heavy atom. The van der Waals surface area contributed by atoms with Crippen molar-refractivity contribution >= 4 is 12.0 Å². The molecule has 1 aliphatic heterocycles. The number of phenols is 1. The Morgan fingerprint density at radius 2 is 1.67 bits per heavy atom. The van der Waals surface area contributed by atoms with Gasteiger partial charge >= 0.3 is 0 Å². The fraction of sp³-hybridized carbons (Fsp3) is 0.550. The predicted molar refractivity (Wildman–Crippen MR) is 96.1 cm³/mol. The molecule has 2 rings (SSSR count). The molecule has 2 atom stereocenters. The zero-order valence-electron chi connectivity index (χ0n) is 15.8. The Bertz CT molecular complexity index is 650. The van der Waals surface area contributed by atoms with E-state index in [9.17, 15) is 9.90 Å². The molecule has 1 aliphatic rings. The smallest absolute Gasteiger partial charge is 0.254 e. The predicted octanol–water partition coefficient (Wildman–Crippen LogP) is 4.26. The normalized spacial score (nSPS) is 24.0. The van der Waals surface area contributed by atoms with E-state index in [2.05, 4.69) is 41.5 Å². The highest BCUT2D eigenvalue weighted by molar-refractivity contribution is 5.88. The van der Waals surface area contributed by atoms with Crippen LogP contribution in [-0.4, -0.2) is 29.2 Å². The monoisotopic (exact) mass is 331 g/mol. The van der Waals surface area contributed by atoms with Crippen LogP contribution < -0.4 is 0 Å². The summed E-state index contributed by atoms with van der Waals surface area (Å²) in [5.41, 5.74) is 1.27. The minimum atomic E-state index is -0.290. The fourth-order valence-corrected chi connectivity index (χ4v) is 3.56. The summed E-state index contributed by atoms with van der Waals surface area (Å²) in [7, 11) is 1.54. The van der Waals surface area contributed by atoms with Gasteiger partial charge in [-0.3, -0.25) is 9.63 Å². The third kappa shape index (κ3) is 3.34. The number of carbonyl (C=O) groups excluding carboxylic acids is 1. The lowest BCUT2D eigenvalue weighted by Crippen LogP contribution is -2.41. The molecule has 0 saturated carbocycles. The van der Waals surface area contributed by atoms with E-state index in [0.717, 1.165) is 11.1 Å². The molecule has 0 bridgehead atoms. The van der Waals surface area contributed by atoms with Gasteiger partial charge in [-0.15, -0.1) is 0 Å². The van der Waals surface area contributed by atoms with Crippen LogP contribution in [0.4, 0.5) is 0 Å². The third-order valence-corrected chi connectivity index (χ3v) is 4.49. The first-order valence-electron chi connectivity index (χ1n) is 8.35. The van der Waals surface area contributed by atoms with Crippen molar-refractivity contribution in [2.24, 2.45) is 16.7 Å². The van der Waals surface area contributed by atoms with Crippen molar-refractivity contribution in [2.75, 3.05) is 7.11 Å². The number of aromatic hydroxyl groups is 1. The van der Waals surface area contributed by atoms with Gasteiger partial charge in [0.2, 0.25) is 0 Å². The topological polar surface area (TPSA) is 49.8 Å². The van der Waals surface area contributed by atoms with E-state index < -0.39 is 0 Å². The van der Waals surface area contributed by atoms with E-state index in [1.54, 1.807) is 19.2 Å². The van der Waals surface area contributed by atoms with Gasteiger partial charge in [-0.05, 0) is 28.5 Å². The van der Waals surface area contributed by atoms with E-state index in [4.69, 9.17) is 4.84 Å². The largest absolute Gasteiger partial charge is 0.507 e. The first-order valence-corrected chi connectivity index (χ1v) is 8.35. The summed E-state index contributed by atoms with van der Waals surface area (Å²) in [4.78, 5) is 18.5. The van der Waals surface area contributed by atoms with Crippen molar-refractivity contribution in [1.29, 1.82) is 0 Å². The van der Waals surface area contributed by atoms with Gasteiger partial charge in [0.05, 0.1) is 19.1 Å². The van der Waals surface area contributed by atoms with Crippen LogP contribution in [0.1, 0.15) is 47.1 Å². The van der Waals surface area contributed by atoms with Crippen LogP contribution in [0.25, 0.3) is 6.08 Å². The molecule has 2 unspecified atom stereocenters. The van der Waals surface area contributed by atoms with Crippen LogP contribution in [0.3, 0.4) is 0 Å². The number of hydrogen-bond acceptors (Lipinski definition) is 3. The van der Waals surface area contributed by atoms with Crippen LogP contribution >= 0.6 is 0 Å². The molecule has 0 spiro atoms. The number of amides is 1. The van der Waals surface area contributed by atoms with E-state index >= 15 is 0 Å². The number of hydrogen-bond donors (Lipinski definition) is 1. The quantitative estimate of drug-likeness (QED) is 0.881. The molecular weight excluding hydrogens is 302 g/mol. The molecule has 4 heteroatoms. The van der Waals surface area contributed by atoms with E-state index in [1.807, 2.05) is 18.2 Å². The SMILES string of the molecule is CON1C(=O)C(C(C)(C)C)/C(=C\c2ccccc2O)C1C(C)(C)C. The highest BCUT2D eigenvalue weighted by Crippen LogP contribution is 2.48. The molecule has 0 aliphatic carbocycles. The zero-order valence-corrected chi connectivity index (χ0v) is 15.8. The second-order valence-corrected chi connectivity index (χ2v) is 8.62. The number of carbonyl (C=O) groups is 1. The van der Waals surface area contributed by atoms with Gasteiger partial charge in [-0.25, -0.2) is 5.06 Å². The summed E-state index contributed by atoms with van der Waals surface area (Å²) in [6.45, 7) is 12.5. The lowest BCUT2D eigenvalue weighted by Gasteiger charge is -2.34. The molecule has 4 nitrogen and oxygen atoms in total. The molecule has 1 heterocycles. The molecule has 1 saturated heterocycles. The highest BCUT2D eigenvalue weighted by atomic mass is 16.7. The van der Waals surface area contributed by atoms with Crippen molar-refractivity contribution in [3.63, 3.8) is 0 Å². The lowest BCUT2D eigenvalue weighted by molar-refractivity contribution is -0.187. The molecule has 0 radical (unpaired) electrons. The second kappa shape index (κ2) is 6.25. The van der Waals surface area contributed by atoms with Gasteiger partial charge in [-0.1, -0.05) is 59.7 Å². The van der Waals surface area contributed by atoms with Crippen LogP contribution in [-0.2, 0) is 9.63 Å². The Kier molecular flexibility index (Phi) is 4.82. The van der Waals surface area contributed by atoms with Crippen molar-refractivity contribution in [3.05, 3.63) is 35.4 Å². The number of para-hydroxylation sites is 1. The highest BCUT2D eigenvalue weighted by Gasteiger charge is 2.53.